The summed E-state index contributed by atoms with van der Waals surface area (Å²) in [7, 11) is 0. The molecule has 0 radical (unpaired) electrons. The van der Waals surface area contributed by atoms with Gasteiger partial charge in [-0.2, -0.15) is 0 Å². The van der Waals surface area contributed by atoms with Gasteiger partial charge >= 0.3 is 11.3 Å². The van der Waals surface area contributed by atoms with Gasteiger partial charge in [0.2, 0.25) is 0 Å². The monoisotopic (exact) mass is 112 g/mol. The van der Waals surface area contributed by atoms with Crippen LogP contribution in [0.5, 0.6) is 0 Å². The SMILES string of the molecule is C=C.C=C(C)C.[C-]#[O+]. The van der Waals surface area contributed by atoms with E-state index in [0.29, 0.717) is 0 Å². The Kier molecular flexibility index (Phi) is 67.4. The quantitative estimate of drug-likeness (QED) is 0.260. The first kappa shape index (κ1) is 15.7. The predicted octanol–water partition coefficient (Wildman–Crippen LogP) is 2.35. The molecule has 0 saturated carbocycles. The van der Waals surface area contributed by atoms with E-state index in [0.717, 1.165) is 0 Å². The van der Waals surface area contributed by atoms with E-state index >= 15 is 0 Å². The van der Waals surface area contributed by atoms with Crippen LogP contribution in [-0.2, 0) is 4.65 Å². The van der Waals surface area contributed by atoms with E-state index in [9.17, 15) is 0 Å². The molecule has 0 N–H and O–H groups in total. The fraction of sp³-hybridized carbons (Fsp3) is 0.286. The van der Waals surface area contributed by atoms with E-state index in [1.54, 1.807) is 0 Å². The summed E-state index contributed by atoms with van der Waals surface area (Å²) in [6.45, 7) is 18.0. The van der Waals surface area contributed by atoms with Crippen molar-refractivity contribution >= 4 is 0 Å². The van der Waals surface area contributed by atoms with Gasteiger partial charge in [-0.15, -0.1) is 19.7 Å². The van der Waals surface area contributed by atoms with Crippen LogP contribution < -0.4 is 0 Å². The van der Waals surface area contributed by atoms with Gasteiger partial charge in [0, 0.05) is 0 Å². The van der Waals surface area contributed by atoms with Crippen molar-refractivity contribution in [2.75, 3.05) is 0 Å². The standard InChI is InChI=1S/C4H8.C2H4.CO/c1-4(2)3;2*1-2/h1H2,2-3H3;1-2H2;. The van der Waals surface area contributed by atoms with Gasteiger partial charge in [-0.1, -0.05) is 5.57 Å². The third-order valence-corrected chi connectivity index (χ3v) is 0. The zero-order valence-corrected chi connectivity index (χ0v) is 5.53. The summed E-state index contributed by atoms with van der Waals surface area (Å²) < 4.78 is 7.50. The van der Waals surface area contributed by atoms with Crippen LogP contribution in [0.15, 0.2) is 25.3 Å². The maximum absolute atomic E-state index is 7.50. The van der Waals surface area contributed by atoms with E-state index in [1.807, 2.05) is 13.8 Å². The van der Waals surface area contributed by atoms with Crippen molar-refractivity contribution in [1.29, 1.82) is 0 Å². The van der Waals surface area contributed by atoms with Crippen LogP contribution in [-0.4, -0.2) is 0 Å². The molecule has 0 atom stereocenters. The van der Waals surface area contributed by atoms with Gasteiger partial charge in [0.15, 0.2) is 0 Å². The average molecular weight is 112 g/mol. The predicted molar refractivity (Wildman–Crippen MR) is 35.7 cm³/mol. The molecule has 0 aliphatic rings. The third-order valence-electron chi connectivity index (χ3n) is 0. The van der Waals surface area contributed by atoms with Gasteiger partial charge in [-0.05, 0) is 13.8 Å². The number of allylic oxidation sites excluding steroid dienone is 1. The Morgan fingerprint density at radius 3 is 1.25 bits per heavy atom. The molecule has 8 heavy (non-hydrogen) atoms. The van der Waals surface area contributed by atoms with Gasteiger partial charge in [0.25, 0.3) is 0 Å². The zero-order valence-electron chi connectivity index (χ0n) is 5.53. The van der Waals surface area contributed by atoms with Crippen molar-refractivity contribution in [1.82, 2.24) is 0 Å². The van der Waals surface area contributed by atoms with Gasteiger partial charge < -0.3 is 0 Å². The van der Waals surface area contributed by atoms with Crippen LogP contribution in [0.4, 0.5) is 0 Å². The molecule has 0 amide bonds. The van der Waals surface area contributed by atoms with E-state index in [2.05, 4.69) is 26.4 Å². The first-order valence-electron chi connectivity index (χ1n) is 2.06. The van der Waals surface area contributed by atoms with Crippen molar-refractivity contribution in [3.63, 3.8) is 0 Å². The molecule has 0 aromatic rings. The van der Waals surface area contributed by atoms with E-state index in [1.165, 1.54) is 5.57 Å². The molecular formula is C7H12O. The number of hydrogen-bond donors (Lipinski definition) is 0. The summed E-state index contributed by atoms with van der Waals surface area (Å²) in [6, 6.07) is 0. The molecule has 0 aliphatic carbocycles. The minimum atomic E-state index is 1.17. The maximum atomic E-state index is 7.50. The molecule has 0 aromatic carbocycles. The molecule has 1 heteroatoms. The molecule has 46 valence electrons. The fourth-order valence-electron chi connectivity index (χ4n) is 0. The van der Waals surface area contributed by atoms with Crippen molar-refractivity contribution in [2.24, 2.45) is 0 Å². The Labute approximate surface area is 51.4 Å². The van der Waals surface area contributed by atoms with E-state index < -0.39 is 0 Å². The van der Waals surface area contributed by atoms with Crippen LogP contribution in [0.3, 0.4) is 0 Å². The number of rotatable bonds is 0. The van der Waals surface area contributed by atoms with Crippen LogP contribution in [0.2, 0.25) is 0 Å². The van der Waals surface area contributed by atoms with Gasteiger partial charge in [0.05, 0.1) is 0 Å². The molecule has 0 saturated heterocycles. The first-order chi connectivity index (χ1) is 3.73. The van der Waals surface area contributed by atoms with Crippen LogP contribution in [0.25, 0.3) is 0 Å². The molecule has 0 heterocycles. The summed E-state index contributed by atoms with van der Waals surface area (Å²) in [5.41, 5.74) is 1.17. The van der Waals surface area contributed by atoms with Crippen LogP contribution >= 0.6 is 0 Å². The Hall–Kier alpha value is -0.780. The first-order valence-corrected chi connectivity index (χ1v) is 2.06. The molecule has 0 fully saturated rings. The van der Waals surface area contributed by atoms with Gasteiger partial charge in [0.1, 0.15) is 0 Å². The van der Waals surface area contributed by atoms with Crippen LogP contribution in [0.1, 0.15) is 13.8 Å². The second kappa shape index (κ2) is 34.4. The topological polar surface area (TPSA) is 19.9 Å². The van der Waals surface area contributed by atoms with E-state index in [-0.39, 0.29) is 0 Å². The summed E-state index contributed by atoms with van der Waals surface area (Å²) >= 11 is 0. The Balaban J connectivity index is -0.0000000542. The average Bonchev–Trinajstić information content (AvgIpc) is 1.75. The summed E-state index contributed by atoms with van der Waals surface area (Å²) in [5.74, 6) is 0. The second-order valence-corrected chi connectivity index (χ2v) is 1.21. The molecule has 0 aromatic heterocycles. The van der Waals surface area contributed by atoms with Crippen LogP contribution in [0, 0.1) is 6.65 Å². The van der Waals surface area contributed by atoms with Gasteiger partial charge in [-0.3, -0.25) is 0 Å². The normalized spacial score (nSPS) is 4.00. The fourth-order valence-corrected chi connectivity index (χ4v) is 0. The molecule has 0 bridgehead atoms. The molecule has 1 nitrogen and oxygen atoms in total. The summed E-state index contributed by atoms with van der Waals surface area (Å²) in [4.78, 5) is 0. The van der Waals surface area contributed by atoms with Gasteiger partial charge in [-0.25, -0.2) is 0 Å². The van der Waals surface area contributed by atoms with E-state index in [4.69, 9.17) is 4.65 Å². The molecule has 0 aliphatic heterocycles. The molecular weight excluding hydrogens is 100 g/mol. The minimum absolute atomic E-state index is 1.17. The van der Waals surface area contributed by atoms with Crippen molar-refractivity contribution in [2.45, 2.75) is 13.8 Å². The molecule has 0 rings (SSSR count). The Morgan fingerprint density at radius 1 is 1.25 bits per heavy atom. The van der Waals surface area contributed by atoms with Crippen molar-refractivity contribution < 1.29 is 4.65 Å². The number of hydrogen-bond acceptors (Lipinski definition) is 0. The summed E-state index contributed by atoms with van der Waals surface area (Å²) in [6.07, 6.45) is 0. The molecule has 0 spiro atoms. The van der Waals surface area contributed by atoms with Crippen molar-refractivity contribution in [3.05, 3.63) is 32.0 Å². The Morgan fingerprint density at radius 2 is 1.25 bits per heavy atom. The van der Waals surface area contributed by atoms with Crippen molar-refractivity contribution in [3.8, 4) is 0 Å². The second-order valence-electron chi connectivity index (χ2n) is 1.21. The Bertz CT molecular complexity index is 58.0. The zero-order chi connectivity index (χ0) is 7.58. The summed E-state index contributed by atoms with van der Waals surface area (Å²) in [5, 5.41) is 0. The molecule has 0 unspecified atom stereocenters. The third kappa shape index (κ3) is 153.